The molecule has 0 radical (unpaired) electrons. The van der Waals surface area contributed by atoms with E-state index in [4.69, 9.17) is 0 Å². The molecule has 1 saturated carbocycles. The van der Waals surface area contributed by atoms with Crippen molar-refractivity contribution in [2.45, 2.75) is 25.3 Å². The molecule has 1 aromatic carbocycles. The van der Waals surface area contributed by atoms with Crippen LogP contribution >= 0.6 is 22.6 Å². The predicted octanol–water partition coefficient (Wildman–Crippen LogP) is 3.26. The number of hydrogen-bond donors (Lipinski definition) is 1. The molecule has 0 heterocycles. The summed E-state index contributed by atoms with van der Waals surface area (Å²) in [4.78, 5) is 0. The fourth-order valence-corrected chi connectivity index (χ4v) is 1.89. The van der Waals surface area contributed by atoms with Crippen LogP contribution in [0.15, 0.2) is 24.3 Å². The van der Waals surface area contributed by atoms with Gasteiger partial charge in [0.25, 0.3) is 0 Å². The lowest BCUT2D eigenvalue weighted by atomic mass is 9.93. The van der Waals surface area contributed by atoms with Crippen molar-refractivity contribution < 1.29 is 0 Å². The van der Waals surface area contributed by atoms with Crippen LogP contribution in [0.3, 0.4) is 0 Å². The molecule has 0 amide bonds. The minimum Gasteiger partial charge on any atom is -0.381 e. The van der Waals surface area contributed by atoms with Crippen molar-refractivity contribution in [2.24, 2.45) is 0 Å². The molecule has 1 aliphatic rings. The molecule has 0 aromatic heterocycles. The number of para-hydroxylation sites is 1. The molecule has 0 bridgehead atoms. The predicted molar refractivity (Wildman–Crippen MR) is 60.4 cm³/mol. The molecule has 0 aliphatic heterocycles. The zero-order chi connectivity index (χ0) is 8.39. The van der Waals surface area contributed by atoms with Gasteiger partial charge in [-0.3, -0.25) is 0 Å². The average molecular weight is 273 g/mol. The van der Waals surface area contributed by atoms with Crippen LogP contribution < -0.4 is 5.32 Å². The van der Waals surface area contributed by atoms with Crippen LogP contribution in [0.25, 0.3) is 0 Å². The number of benzene rings is 1. The summed E-state index contributed by atoms with van der Waals surface area (Å²) >= 11 is 2.37. The van der Waals surface area contributed by atoms with Crippen LogP contribution in [-0.2, 0) is 0 Å². The lowest BCUT2D eigenvalue weighted by molar-refractivity contribution is 0.445. The molecule has 12 heavy (non-hydrogen) atoms. The monoisotopic (exact) mass is 273 g/mol. The highest BCUT2D eigenvalue weighted by atomic mass is 127. The zero-order valence-corrected chi connectivity index (χ0v) is 9.04. The average Bonchev–Trinajstić information content (AvgIpc) is 2.00. The Bertz CT molecular complexity index is 268. The van der Waals surface area contributed by atoms with E-state index in [0.717, 1.165) is 6.04 Å². The van der Waals surface area contributed by atoms with Gasteiger partial charge >= 0.3 is 0 Å². The summed E-state index contributed by atoms with van der Waals surface area (Å²) in [5.74, 6) is 0. The van der Waals surface area contributed by atoms with Crippen molar-refractivity contribution in [2.75, 3.05) is 5.32 Å². The molecule has 1 N–H and O–H groups in total. The smallest absolute Gasteiger partial charge is 0.0478 e. The van der Waals surface area contributed by atoms with Crippen molar-refractivity contribution in [3.63, 3.8) is 0 Å². The van der Waals surface area contributed by atoms with Crippen LogP contribution in [0, 0.1) is 3.57 Å². The molecule has 1 nitrogen and oxygen atoms in total. The topological polar surface area (TPSA) is 12.0 Å². The van der Waals surface area contributed by atoms with E-state index in [2.05, 4.69) is 52.2 Å². The first kappa shape index (κ1) is 8.35. The van der Waals surface area contributed by atoms with Gasteiger partial charge in [0.2, 0.25) is 0 Å². The number of nitrogens with one attached hydrogen (secondary N) is 1. The molecule has 0 atom stereocenters. The summed E-state index contributed by atoms with van der Waals surface area (Å²) in [7, 11) is 0. The van der Waals surface area contributed by atoms with E-state index in [1.807, 2.05) is 0 Å². The molecule has 0 unspecified atom stereocenters. The lowest BCUT2D eigenvalue weighted by Crippen LogP contribution is -2.27. The normalized spacial score (nSPS) is 17.1. The second-order valence-corrected chi connectivity index (χ2v) is 4.41. The molecule has 2 heteroatoms. The van der Waals surface area contributed by atoms with Gasteiger partial charge < -0.3 is 5.32 Å². The van der Waals surface area contributed by atoms with Gasteiger partial charge in [-0.25, -0.2) is 0 Å². The molecule has 0 saturated heterocycles. The van der Waals surface area contributed by atoms with Crippen LogP contribution in [0.2, 0.25) is 0 Å². The van der Waals surface area contributed by atoms with Gasteiger partial charge in [0, 0.05) is 15.3 Å². The Hall–Kier alpha value is -0.250. The number of anilines is 1. The maximum absolute atomic E-state index is 3.54. The van der Waals surface area contributed by atoms with Crippen molar-refractivity contribution in [1.82, 2.24) is 0 Å². The van der Waals surface area contributed by atoms with Gasteiger partial charge in [-0.1, -0.05) is 12.1 Å². The van der Waals surface area contributed by atoms with Gasteiger partial charge in [-0.05, 0) is 54.0 Å². The molecule has 1 aromatic rings. The molecular weight excluding hydrogens is 261 g/mol. The molecule has 1 fully saturated rings. The maximum Gasteiger partial charge on any atom is 0.0478 e. The lowest BCUT2D eigenvalue weighted by Gasteiger charge is -2.27. The second kappa shape index (κ2) is 3.64. The third kappa shape index (κ3) is 1.73. The highest BCUT2D eigenvalue weighted by Gasteiger charge is 2.17. The fraction of sp³-hybridized carbons (Fsp3) is 0.400. The van der Waals surface area contributed by atoms with Gasteiger partial charge in [-0.2, -0.15) is 0 Å². The minimum absolute atomic E-state index is 0.737. The summed E-state index contributed by atoms with van der Waals surface area (Å²) in [5.41, 5.74) is 1.29. The first-order chi connectivity index (χ1) is 5.86. The largest absolute Gasteiger partial charge is 0.381 e. The standard InChI is InChI=1S/C10H12IN/c11-9-6-1-2-7-10(9)12-8-4-3-5-8/h1-2,6-8,12H,3-5H2. The van der Waals surface area contributed by atoms with E-state index >= 15 is 0 Å². The van der Waals surface area contributed by atoms with E-state index in [-0.39, 0.29) is 0 Å². The SMILES string of the molecule is Ic1ccccc1NC1CCC1. The summed E-state index contributed by atoms with van der Waals surface area (Å²) in [6, 6.07) is 9.19. The second-order valence-electron chi connectivity index (χ2n) is 3.25. The minimum atomic E-state index is 0.737. The van der Waals surface area contributed by atoms with Gasteiger partial charge in [0.05, 0.1) is 0 Å². The Labute approximate surface area is 86.7 Å². The van der Waals surface area contributed by atoms with Crippen LogP contribution in [-0.4, -0.2) is 6.04 Å². The Morgan fingerprint density at radius 2 is 2.00 bits per heavy atom. The summed E-state index contributed by atoms with van der Waals surface area (Å²) in [6.07, 6.45) is 4.07. The summed E-state index contributed by atoms with van der Waals surface area (Å²) in [5, 5.41) is 3.54. The van der Waals surface area contributed by atoms with Crippen LogP contribution in [0.1, 0.15) is 19.3 Å². The summed E-state index contributed by atoms with van der Waals surface area (Å²) in [6.45, 7) is 0. The molecule has 2 rings (SSSR count). The molecule has 0 spiro atoms. The van der Waals surface area contributed by atoms with E-state index < -0.39 is 0 Å². The van der Waals surface area contributed by atoms with E-state index in [0.29, 0.717) is 0 Å². The van der Waals surface area contributed by atoms with E-state index in [1.54, 1.807) is 0 Å². The summed E-state index contributed by atoms with van der Waals surface area (Å²) < 4.78 is 1.32. The maximum atomic E-state index is 3.54. The number of rotatable bonds is 2. The number of hydrogen-bond acceptors (Lipinski definition) is 1. The van der Waals surface area contributed by atoms with E-state index in [9.17, 15) is 0 Å². The first-order valence-electron chi connectivity index (χ1n) is 4.37. The van der Waals surface area contributed by atoms with Crippen molar-refractivity contribution >= 4 is 28.3 Å². The van der Waals surface area contributed by atoms with Gasteiger partial charge in [-0.15, -0.1) is 0 Å². The molecule has 1 aliphatic carbocycles. The van der Waals surface area contributed by atoms with Gasteiger partial charge in [0.15, 0.2) is 0 Å². The first-order valence-corrected chi connectivity index (χ1v) is 5.45. The van der Waals surface area contributed by atoms with E-state index in [1.165, 1.54) is 28.5 Å². The third-order valence-corrected chi connectivity index (χ3v) is 3.28. The number of halogens is 1. The zero-order valence-electron chi connectivity index (χ0n) is 6.89. The quantitative estimate of drug-likeness (QED) is 0.815. The van der Waals surface area contributed by atoms with Crippen molar-refractivity contribution in [1.29, 1.82) is 0 Å². The van der Waals surface area contributed by atoms with Gasteiger partial charge in [0.1, 0.15) is 0 Å². The van der Waals surface area contributed by atoms with Crippen molar-refractivity contribution in [3.8, 4) is 0 Å². The Morgan fingerprint density at radius 1 is 1.25 bits per heavy atom. The Kier molecular flexibility index (Phi) is 2.54. The molecular formula is C10H12IN. The van der Waals surface area contributed by atoms with Crippen LogP contribution in [0.4, 0.5) is 5.69 Å². The fourth-order valence-electron chi connectivity index (χ4n) is 1.35. The Morgan fingerprint density at radius 3 is 2.58 bits per heavy atom. The van der Waals surface area contributed by atoms with Crippen LogP contribution in [0.5, 0.6) is 0 Å². The highest BCUT2D eigenvalue weighted by molar-refractivity contribution is 14.1. The Balaban J connectivity index is 2.06. The van der Waals surface area contributed by atoms with Crippen molar-refractivity contribution in [3.05, 3.63) is 27.8 Å². The third-order valence-electron chi connectivity index (χ3n) is 2.34. The molecule has 64 valence electrons. The highest BCUT2D eigenvalue weighted by Crippen LogP contribution is 2.25.